The molecule has 0 bridgehead atoms. The van der Waals surface area contributed by atoms with Gasteiger partial charge >= 0.3 is 5.97 Å². The van der Waals surface area contributed by atoms with E-state index >= 15 is 0 Å². The Labute approximate surface area is 171 Å². The van der Waals surface area contributed by atoms with Gasteiger partial charge in [0.2, 0.25) is 0 Å². The van der Waals surface area contributed by atoms with Gasteiger partial charge < -0.3 is 4.74 Å². The van der Waals surface area contributed by atoms with Crippen molar-refractivity contribution >= 4 is 11.8 Å². The van der Waals surface area contributed by atoms with Crippen molar-refractivity contribution in [1.82, 2.24) is 0 Å². The minimum Gasteiger partial charge on any atom is -0.469 e. The number of carbonyl (C=O) groups is 2. The van der Waals surface area contributed by atoms with Crippen molar-refractivity contribution in [3.05, 3.63) is 35.4 Å². The molecule has 0 heterocycles. The molecule has 156 valence electrons. The first kappa shape index (κ1) is 22.6. The van der Waals surface area contributed by atoms with Crippen LogP contribution in [0.15, 0.2) is 24.3 Å². The van der Waals surface area contributed by atoms with Crippen molar-refractivity contribution < 1.29 is 14.3 Å². The van der Waals surface area contributed by atoms with Crippen LogP contribution in [0.1, 0.15) is 101 Å². The molecule has 0 spiro atoms. The van der Waals surface area contributed by atoms with Crippen LogP contribution < -0.4 is 0 Å². The molecule has 3 heteroatoms. The van der Waals surface area contributed by atoms with Crippen molar-refractivity contribution in [2.45, 2.75) is 96.3 Å². The summed E-state index contributed by atoms with van der Waals surface area (Å²) in [5, 5.41) is 0. The lowest BCUT2D eigenvalue weighted by atomic mass is 9.84. The Morgan fingerprint density at radius 3 is 2.43 bits per heavy atom. The molecule has 1 saturated carbocycles. The van der Waals surface area contributed by atoms with Crippen LogP contribution in [0.2, 0.25) is 0 Å². The molecule has 28 heavy (non-hydrogen) atoms. The average molecular weight is 387 g/mol. The fourth-order valence-corrected chi connectivity index (χ4v) is 4.45. The average Bonchev–Trinajstić information content (AvgIpc) is 3.08. The van der Waals surface area contributed by atoms with Gasteiger partial charge in [-0.25, -0.2) is 0 Å². The second-order valence-electron chi connectivity index (χ2n) is 8.30. The van der Waals surface area contributed by atoms with E-state index in [-0.39, 0.29) is 11.9 Å². The van der Waals surface area contributed by atoms with Crippen LogP contribution in [0.4, 0.5) is 0 Å². The number of hydrogen-bond acceptors (Lipinski definition) is 3. The molecule has 0 saturated heterocycles. The van der Waals surface area contributed by atoms with Gasteiger partial charge in [-0.2, -0.15) is 0 Å². The molecular formula is C25H38O3. The maximum Gasteiger partial charge on any atom is 0.305 e. The summed E-state index contributed by atoms with van der Waals surface area (Å²) in [5.41, 5.74) is 2.77. The van der Waals surface area contributed by atoms with E-state index < -0.39 is 0 Å². The Morgan fingerprint density at radius 1 is 1.00 bits per heavy atom. The first-order valence-electron chi connectivity index (χ1n) is 11.3. The molecule has 1 aromatic carbocycles. The standard InChI is InChI=1S/C25H38O3/c1-3-4-5-8-11-20-14-16-21(17-15-20)22-18-19-24(26)23(22)12-9-6-7-10-13-25(27)28-2/h14-17,22-23H,3-13,18-19H2,1-2H3/t22?,23-/m1/s1. The summed E-state index contributed by atoms with van der Waals surface area (Å²) < 4.78 is 4.67. The third-order valence-electron chi connectivity index (χ3n) is 6.20. The zero-order valence-corrected chi connectivity index (χ0v) is 17.9. The highest BCUT2D eigenvalue weighted by atomic mass is 16.5. The minimum absolute atomic E-state index is 0.125. The predicted molar refractivity (Wildman–Crippen MR) is 114 cm³/mol. The van der Waals surface area contributed by atoms with E-state index in [2.05, 4.69) is 35.9 Å². The van der Waals surface area contributed by atoms with Crippen LogP contribution >= 0.6 is 0 Å². The molecule has 0 aliphatic heterocycles. The van der Waals surface area contributed by atoms with Gasteiger partial charge in [-0.05, 0) is 49.1 Å². The summed E-state index contributed by atoms with van der Waals surface area (Å²) in [6.07, 6.45) is 13.7. The van der Waals surface area contributed by atoms with Crippen molar-refractivity contribution in [2.75, 3.05) is 7.11 Å². The molecule has 0 N–H and O–H groups in total. The number of rotatable bonds is 13. The summed E-state index contributed by atoms with van der Waals surface area (Å²) in [5.74, 6) is 0.913. The van der Waals surface area contributed by atoms with Crippen LogP contribution in [0.25, 0.3) is 0 Å². The van der Waals surface area contributed by atoms with Gasteiger partial charge in [-0.15, -0.1) is 0 Å². The quantitative estimate of drug-likeness (QED) is 0.291. The molecule has 2 atom stereocenters. The lowest BCUT2D eigenvalue weighted by Crippen LogP contribution is -2.13. The molecule has 0 amide bonds. The summed E-state index contributed by atoms with van der Waals surface area (Å²) in [6, 6.07) is 9.07. The van der Waals surface area contributed by atoms with Gasteiger partial charge in [-0.3, -0.25) is 9.59 Å². The Kier molecular flexibility index (Phi) is 10.3. The molecule has 1 aliphatic carbocycles. The van der Waals surface area contributed by atoms with E-state index in [1.807, 2.05) is 0 Å². The van der Waals surface area contributed by atoms with Crippen LogP contribution in [-0.4, -0.2) is 18.9 Å². The van der Waals surface area contributed by atoms with Gasteiger partial charge in [0.05, 0.1) is 7.11 Å². The first-order chi connectivity index (χ1) is 13.7. The number of unbranched alkanes of at least 4 members (excludes halogenated alkanes) is 6. The van der Waals surface area contributed by atoms with Crippen LogP contribution in [0.3, 0.4) is 0 Å². The summed E-state index contributed by atoms with van der Waals surface area (Å²) in [7, 11) is 1.44. The smallest absolute Gasteiger partial charge is 0.305 e. The summed E-state index contributed by atoms with van der Waals surface area (Å²) >= 11 is 0. The molecule has 0 aromatic heterocycles. The number of methoxy groups -OCH3 is 1. The predicted octanol–water partition coefficient (Wildman–Crippen LogP) is 6.39. The number of benzene rings is 1. The number of hydrogen-bond donors (Lipinski definition) is 0. The molecule has 1 fully saturated rings. The van der Waals surface area contributed by atoms with Gasteiger partial charge in [0.15, 0.2) is 0 Å². The van der Waals surface area contributed by atoms with E-state index in [0.717, 1.165) is 44.9 Å². The highest BCUT2D eigenvalue weighted by molar-refractivity contribution is 5.84. The van der Waals surface area contributed by atoms with E-state index in [9.17, 15) is 9.59 Å². The van der Waals surface area contributed by atoms with Gasteiger partial charge in [0.1, 0.15) is 5.78 Å². The maximum absolute atomic E-state index is 12.4. The summed E-state index contributed by atoms with van der Waals surface area (Å²) in [4.78, 5) is 23.6. The van der Waals surface area contributed by atoms with E-state index in [1.54, 1.807) is 0 Å². The fraction of sp³-hybridized carbons (Fsp3) is 0.680. The van der Waals surface area contributed by atoms with E-state index in [4.69, 9.17) is 0 Å². The monoisotopic (exact) mass is 386 g/mol. The molecule has 1 aliphatic rings. The van der Waals surface area contributed by atoms with Gasteiger partial charge in [0, 0.05) is 18.8 Å². The third-order valence-corrected chi connectivity index (χ3v) is 6.20. The zero-order chi connectivity index (χ0) is 20.2. The Hall–Kier alpha value is -1.64. The van der Waals surface area contributed by atoms with Gasteiger partial charge in [-0.1, -0.05) is 69.7 Å². The van der Waals surface area contributed by atoms with E-state index in [1.165, 1.54) is 50.3 Å². The fourth-order valence-electron chi connectivity index (χ4n) is 4.45. The highest BCUT2D eigenvalue weighted by Gasteiger charge is 2.34. The number of aryl methyl sites for hydroxylation is 1. The first-order valence-corrected chi connectivity index (χ1v) is 11.3. The van der Waals surface area contributed by atoms with Crippen molar-refractivity contribution in [3.63, 3.8) is 0 Å². The minimum atomic E-state index is -0.125. The maximum atomic E-state index is 12.4. The number of carbonyl (C=O) groups excluding carboxylic acids is 2. The van der Waals surface area contributed by atoms with E-state index in [0.29, 0.717) is 18.1 Å². The van der Waals surface area contributed by atoms with Gasteiger partial charge in [0.25, 0.3) is 0 Å². The Bertz CT molecular complexity index is 590. The highest BCUT2D eigenvalue weighted by Crippen LogP contribution is 2.40. The molecule has 3 nitrogen and oxygen atoms in total. The number of Topliss-reactive ketones (excluding diaryl/α,β-unsaturated/α-hetero) is 1. The summed E-state index contributed by atoms with van der Waals surface area (Å²) in [6.45, 7) is 2.25. The molecule has 1 aromatic rings. The number of ether oxygens (including phenoxy) is 1. The van der Waals surface area contributed by atoms with Crippen molar-refractivity contribution in [3.8, 4) is 0 Å². The van der Waals surface area contributed by atoms with Crippen LogP contribution in [-0.2, 0) is 20.7 Å². The van der Waals surface area contributed by atoms with Crippen molar-refractivity contribution in [1.29, 1.82) is 0 Å². The SMILES string of the molecule is CCCCCCc1ccc(C2CCC(=O)[C@@H]2CCCCCCC(=O)OC)cc1. The van der Waals surface area contributed by atoms with Crippen molar-refractivity contribution in [2.24, 2.45) is 5.92 Å². The topological polar surface area (TPSA) is 43.4 Å². The largest absolute Gasteiger partial charge is 0.469 e. The van der Waals surface area contributed by atoms with Crippen LogP contribution in [0, 0.1) is 5.92 Å². The molecule has 2 rings (SSSR count). The molecule has 0 radical (unpaired) electrons. The lowest BCUT2D eigenvalue weighted by Gasteiger charge is -2.19. The molecular weight excluding hydrogens is 348 g/mol. The normalized spacial score (nSPS) is 19.1. The number of esters is 1. The van der Waals surface area contributed by atoms with Crippen LogP contribution in [0.5, 0.6) is 0 Å². The molecule has 1 unspecified atom stereocenters. The Morgan fingerprint density at radius 2 is 1.71 bits per heavy atom. The number of ketones is 1. The lowest BCUT2D eigenvalue weighted by molar-refractivity contribution is -0.140. The second kappa shape index (κ2) is 12.7. The second-order valence-corrected chi connectivity index (χ2v) is 8.30. The Balaban J connectivity index is 1.77. The third kappa shape index (κ3) is 7.41. The zero-order valence-electron chi connectivity index (χ0n) is 17.9.